The molecule has 0 saturated carbocycles. The second-order valence-electron chi connectivity index (χ2n) is 3.78. The Kier molecular flexibility index (Phi) is 3.87. The van der Waals surface area contributed by atoms with Gasteiger partial charge >= 0.3 is 5.97 Å². The second-order valence-corrected chi connectivity index (χ2v) is 3.78. The van der Waals surface area contributed by atoms with Crippen LogP contribution in [0.1, 0.15) is 20.7 Å². The normalized spacial score (nSPS) is 9.74. The first kappa shape index (κ1) is 12.8. The number of H-pyrrole nitrogens is 1. The maximum absolute atomic E-state index is 12.0. The number of aromatic nitrogens is 1. The molecule has 1 amide bonds. The molecule has 1 aromatic heterocycles. The molecule has 1 heterocycles. The Hall–Kier alpha value is -2.69. The summed E-state index contributed by atoms with van der Waals surface area (Å²) in [6.45, 7) is 0. The number of pyridine rings is 1. The lowest BCUT2D eigenvalue weighted by atomic mass is 10.1. The number of amides is 1. The zero-order chi connectivity index (χ0) is 13.7. The first-order chi connectivity index (χ1) is 9.22. The van der Waals surface area contributed by atoms with Crippen LogP contribution in [-0.4, -0.2) is 19.0 Å². The molecule has 0 unspecified atom stereocenters. The van der Waals surface area contributed by atoms with Gasteiger partial charge in [0.2, 0.25) is 0 Å². The van der Waals surface area contributed by atoms with Gasteiger partial charge in [-0.05, 0) is 12.1 Å². The van der Waals surface area contributed by atoms with Gasteiger partial charge in [-0.3, -0.25) is 4.79 Å². The average molecular weight is 257 g/mol. The predicted octanol–water partition coefficient (Wildman–Crippen LogP) is 1.54. The SMILES string of the molecule is COC(=O)c1ccccc1NC(=O)c1cc[nH+]cc1. The molecule has 0 radical (unpaired) electrons. The van der Waals surface area contributed by atoms with Gasteiger partial charge in [0.25, 0.3) is 5.91 Å². The van der Waals surface area contributed by atoms with Crippen LogP contribution in [0, 0.1) is 0 Å². The minimum atomic E-state index is -0.489. The second kappa shape index (κ2) is 5.77. The number of hydrogen-bond acceptors (Lipinski definition) is 3. The molecule has 1 aromatic carbocycles. The highest BCUT2D eigenvalue weighted by Crippen LogP contribution is 2.16. The van der Waals surface area contributed by atoms with E-state index in [1.165, 1.54) is 7.11 Å². The highest BCUT2D eigenvalue weighted by Gasteiger charge is 2.14. The third-order valence-corrected chi connectivity index (χ3v) is 2.56. The van der Waals surface area contributed by atoms with Gasteiger partial charge in [-0.2, -0.15) is 0 Å². The molecule has 0 spiro atoms. The molecule has 0 atom stereocenters. The zero-order valence-corrected chi connectivity index (χ0v) is 10.3. The number of rotatable bonds is 3. The number of carbonyl (C=O) groups excluding carboxylic acids is 2. The maximum Gasteiger partial charge on any atom is 0.339 e. The Morgan fingerprint density at radius 2 is 1.79 bits per heavy atom. The number of ether oxygens (including phenoxy) is 1. The minimum Gasteiger partial charge on any atom is -0.465 e. The number of esters is 1. The molecule has 0 bridgehead atoms. The first-order valence-electron chi connectivity index (χ1n) is 5.67. The zero-order valence-electron chi connectivity index (χ0n) is 10.3. The number of hydrogen-bond donors (Lipinski definition) is 1. The van der Waals surface area contributed by atoms with Crippen LogP contribution >= 0.6 is 0 Å². The molecule has 0 saturated heterocycles. The van der Waals surface area contributed by atoms with Crippen LogP contribution in [0.25, 0.3) is 0 Å². The largest absolute Gasteiger partial charge is 0.465 e. The Morgan fingerprint density at radius 3 is 2.47 bits per heavy atom. The highest BCUT2D eigenvalue weighted by atomic mass is 16.5. The lowest BCUT2D eigenvalue weighted by Gasteiger charge is -2.08. The number of aromatic amines is 1. The van der Waals surface area contributed by atoms with Crippen LogP contribution in [0.15, 0.2) is 48.8 Å². The molecule has 2 N–H and O–H groups in total. The fraction of sp³-hybridized carbons (Fsp3) is 0.0714. The van der Waals surface area contributed by atoms with E-state index < -0.39 is 5.97 Å². The van der Waals surface area contributed by atoms with Crippen molar-refractivity contribution in [3.63, 3.8) is 0 Å². The summed E-state index contributed by atoms with van der Waals surface area (Å²) in [5, 5.41) is 2.69. The van der Waals surface area contributed by atoms with E-state index in [-0.39, 0.29) is 5.91 Å². The number of anilines is 1. The van der Waals surface area contributed by atoms with Gasteiger partial charge in [0.15, 0.2) is 12.4 Å². The van der Waals surface area contributed by atoms with Gasteiger partial charge in [0.05, 0.1) is 23.9 Å². The summed E-state index contributed by atoms with van der Waals surface area (Å²) >= 11 is 0. The van der Waals surface area contributed by atoms with Gasteiger partial charge < -0.3 is 10.1 Å². The lowest BCUT2D eigenvalue weighted by molar-refractivity contribution is -0.378. The van der Waals surface area contributed by atoms with Gasteiger partial charge in [0, 0.05) is 12.1 Å². The third kappa shape index (κ3) is 2.95. The molecule has 96 valence electrons. The summed E-state index contributed by atoms with van der Waals surface area (Å²) in [7, 11) is 1.30. The molecule has 19 heavy (non-hydrogen) atoms. The molecule has 0 aliphatic rings. The number of nitrogens with one attached hydrogen (secondary N) is 2. The molecular weight excluding hydrogens is 244 g/mol. The maximum atomic E-state index is 12.0. The van der Waals surface area contributed by atoms with Gasteiger partial charge in [-0.15, -0.1) is 0 Å². The summed E-state index contributed by atoms with van der Waals surface area (Å²) < 4.78 is 4.67. The van der Waals surface area contributed by atoms with E-state index in [9.17, 15) is 9.59 Å². The van der Waals surface area contributed by atoms with Crippen molar-refractivity contribution in [1.29, 1.82) is 0 Å². The summed E-state index contributed by atoms with van der Waals surface area (Å²) in [6.07, 6.45) is 3.31. The molecule has 5 nitrogen and oxygen atoms in total. The van der Waals surface area contributed by atoms with Crippen LogP contribution in [0.4, 0.5) is 5.69 Å². The first-order valence-corrected chi connectivity index (χ1v) is 5.67. The summed E-state index contributed by atoms with van der Waals surface area (Å²) in [6, 6.07) is 9.99. The standard InChI is InChI=1S/C14H12N2O3/c1-19-14(18)11-4-2-3-5-12(11)16-13(17)10-6-8-15-9-7-10/h2-9H,1H3,(H,16,17)/p+1. The van der Waals surface area contributed by atoms with Crippen LogP contribution in [-0.2, 0) is 4.74 Å². The van der Waals surface area contributed by atoms with Crippen molar-refractivity contribution in [3.8, 4) is 0 Å². The number of benzene rings is 1. The van der Waals surface area contributed by atoms with Crippen LogP contribution in [0.5, 0.6) is 0 Å². The molecule has 0 fully saturated rings. The van der Waals surface area contributed by atoms with Crippen molar-refractivity contribution < 1.29 is 19.3 Å². The van der Waals surface area contributed by atoms with E-state index in [0.717, 1.165) is 0 Å². The van der Waals surface area contributed by atoms with Gasteiger partial charge in [-0.25, -0.2) is 9.78 Å². The Morgan fingerprint density at radius 1 is 1.11 bits per heavy atom. The molecule has 0 aliphatic carbocycles. The van der Waals surface area contributed by atoms with Crippen molar-refractivity contribution in [2.75, 3.05) is 12.4 Å². The fourth-order valence-electron chi connectivity index (χ4n) is 1.61. The summed E-state index contributed by atoms with van der Waals surface area (Å²) in [5.74, 6) is -0.775. The minimum absolute atomic E-state index is 0.287. The van der Waals surface area contributed by atoms with Crippen molar-refractivity contribution >= 4 is 17.6 Å². The van der Waals surface area contributed by atoms with Crippen LogP contribution < -0.4 is 10.3 Å². The number of para-hydroxylation sites is 1. The van der Waals surface area contributed by atoms with Crippen molar-refractivity contribution in [2.24, 2.45) is 0 Å². The van der Waals surface area contributed by atoms with E-state index in [1.54, 1.807) is 48.8 Å². The Bertz CT molecular complexity index is 597. The van der Waals surface area contributed by atoms with E-state index >= 15 is 0 Å². The van der Waals surface area contributed by atoms with Crippen molar-refractivity contribution in [3.05, 3.63) is 59.9 Å². The summed E-state index contributed by atoms with van der Waals surface area (Å²) in [5.41, 5.74) is 1.24. The van der Waals surface area contributed by atoms with Crippen LogP contribution in [0.3, 0.4) is 0 Å². The van der Waals surface area contributed by atoms with Crippen molar-refractivity contribution in [1.82, 2.24) is 0 Å². The highest BCUT2D eigenvalue weighted by molar-refractivity contribution is 6.07. The molecule has 2 aromatic rings. The lowest BCUT2D eigenvalue weighted by Crippen LogP contribution is -2.16. The van der Waals surface area contributed by atoms with E-state index in [0.29, 0.717) is 16.8 Å². The van der Waals surface area contributed by atoms with Crippen molar-refractivity contribution in [2.45, 2.75) is 0 Å². The molecular formula is C14H13N2O3+. The molecule has 0 aliphatic heterocycles. The fourth-order valence-corrected chi connectivity index (χ4v) is 1.61. The quantitative estimate of drug-likeness (QED) is 0.848. The molecule has 5 heteroatoms. The van der Waals surface area contributed by atoms with E-state index in [4.69, 9.17) is 0 Å². The monoisotopic (exact) mass is 257 g/mol. The van der Waals surface area contributed by atoms with E-state index in [2.05, 4.69) is 15.0 Å². The van der Waals surface area contributed by atoms with E-state index in [1.807, 2.05) is 0 Å². The van der Waals surface area contributed by atoms with Crippen LogP contribution in [0.2, 0.25) is 0 Å². The average Bonchev–Trinajstić information content (AvgIpc) is 2.48. The van der Waals surface area contributed by atoms with Gasteiger partial charge in [0.1, 0.15) is 0 Å². The molecule has 2 rings (SSSR count). The summed E-state index contributed by atoms with van der Waals surface area (Å²) in [4.78, 5) is 26.4. The van der Waals surface area contributed by atoms with Gasteiger partial charge in [-0.1, -0.05) is 12.1 Å². The topological polar surface area (TPSA) is 69.5 Å². The third-order valence-electron chi connectivity index (χ3n) is 2.56. The smallest absolute Gasteiger partial charge is 0.339 e. The predicted molar refractivity (Wildman–Crippen MR) is 68.7 cm³/mol. The number of carbonyl (C=O) groups is 2. The Balaban J connectivity index is 2.25. The number of methoxy groups -OCH3 is 1. The Labute approximate surface area is 110 Å².